The summed E-state index contributed by atoms with van der Waals surface area (Å²) in [5.74, 6) is -1.40. The molecule has 0 fully saturated rings. The van der Waals surface area contributed by atoms with Gasteiger partial charge in [-0.2, -0.15) is 0 Å². The Morgan fingerprint density at radius 2 is 1.66 bits per heavy atom. The molecule has 8 nitrogen and oxygen atoms in total. The van der Waals surface area contributed by atoms with Gasteiger partial charge in [-0.3, -0.25) is 9.59 Å². The summed E-state index contributed by atoms with van der Waals surface area (Å²) in [4.78, 5) is 39.2. The first kappa shape index (κ1) is 21.5. The highest BCUT2D eigenvalue weighted by atomic mass is 32.1. The molecule has 0 bridgehead atoms. The molecule has 1 aliphatic rings. The van der Waals surface area contributed by atoms with Crippen LogP contribution < -0.4 is 10.6 Å². The number of fused-ring (bicyclic) bond motifs is 3. The molecular formula is C23H21N3O5S. The third-order valence-electron chi connectivity index (χ3n) is 5.13. The summed E-state index contributed by atoms with van der Waals surface area (Å²) in [6.07, 6.45) is 0.686. The maximum Gasteiger partial charge on any atom is 0.407 e. The van der Waals surface area contributed by atoms with Gasteiger partial charge in [0, 0.05) is 12.5 Å². The van der Waals surface area contributed by atoms with Crippen molar-refractivity contribution in [1.29, 1.82) is 0 Å². The fourth-order valence-electron chi connectivity index (χ4n) is 3.66. The predicted octanol–water partition coefficient (Wildman–Crippen LogP) is 3.39. The monoisotopic (exact) mass is 451 g/mol. The number of carbonyl (C=O) groups excluding carboxylic acids is 2. The summed E-state index contributed by atoms with van der Waals surface area (Å²) in [6.45, 7) is 0.387. The second-order valence-electron chi connectivity index (χ2n) is 7.20. The average molecular weight is 452 g/mol. The molecule has 0 radical (unpaired) electrons. The Kier molecular flexibility index (Phi) is 6.46. The number of carboxylic acid groups (broad SMARTS) is 1. The second-order valence-corrected chi connectivity index (χ2v) is 8.31. The molecule has 1 heterocycles. The van der Waals surface area contributed by atoms with E-state index in [0.29, 0.717) is 9.88 Å². The van der Waals surface area contributed by atoms with Crippen molar-refractivity contribution >= 4 is 29.3 Å². The van der Waals surface area contributed by atoms with Gasteiger partial charge >= 0.3 is 12.1 Å². The maximum absolute atomic E-state index is 12.3. The molecule has 32 heavy (non-hydrogen) atoms. The van der Waals surface area contributed by atoms with Gasteiger partial charge in [-0.25, -0.2) is 9.78 Å². The van der Waals surface area contributed by atoms with Crippen LogP contribution in [0.4, 0.5) is 4.79 Å². The number of thiazole rings is 1. The predicted molar refractivity (Wildman–Crippen MR) is 119 cm³/mol. The van der Waals surface area contributed by atoms with Crippen LogP contribution >= 0.6 is 11.3 Å². The van der Waals surface area contributed by atoms with E-state index in [-0.39, 0.29) is 32.0 Å². The van der Waals surface area contributed by atoms with Crippen molar-refractivity contribution in [3.05, 3.63) is 75.7 Å². The SMILES string of the molecule is O=C(O)CCNC(=O)c1cnc(CNC(=O)OCC2c3ccccc3-c3ccccc32)s1. The van der Waals surface area contributed by atoms with Crippen molar-refractivity contribution in [2.75, 3.05) is 13.2 Å². The molecular weight excluding hydrogens is 430 g/mol. The quantitative estimate of drug-likeness (QED) is 0.483. The lowest BCUT2D eigenvalue weighted by atomic mass is 9.98. The van der Waals surface area contributed by atoms with Crippen LogP contribution in [0.5, 0.6) is 0 Å². The maximum atomic E-state index is 12.3. The zero-order valence-corrected chi connectivity index (χ0v) is 17.9. The summed E-state index contributed by atoms with van der Waals surface area (Å²) in [7, 11) is 0. The minimum atomic E-state index is -0.984. The van der Waals surface area contributed by atoms with Crippen LogP contribution in [0.1, 0.15) is 38.1 Å². The van der Waals surface area contributed by atoms with Crippen LogP contribution in [0, 0.1) is 0 Å². The lowest BCUT2D eigenvalue weighted by Gasteiger charge is -2.14. The summed E-state index contributed by atoms with van der Waals surface area (Å²) < 4.78 is 5.48. The van der Waals surface area contributed by atoms with E-state index in [4.69, 9.17) is 9.84 Å². The van der Waals surface area contributed by atoms with Crippen LogP contribution in [0.2, 0.25) is 0 Å². The summed E-state index contributed by atoms with van der Waals surface area (Å²) >= 11 is 1.13. The highest BCUT2D eigenvalue weighted by Gasteiger charge is 2.29. The summed E-state index contributed by atoms with van der Waals surface area (Å²) in [5, 5.41) is 14.3. The number of nitrogens with one attached hydrogen (secondary N) is 2. The van der Waals surface area contributed by atoms with E-state index < -0.39 is 18.0 Å². The van der Waals surface area contributed by atoms with Crippen LogP contribution in [0.25, 0.3) is 11.1 Å². The fourth-order valence-corrected chi connectivity index (χ4v) is 4.44. The third kappa shape index (κ3) is 4.78. The lowest BCUT2D eigenvalue weighted by molar-refractivity contribution is -0.136. The zero-order chi connectivity index (χ0) is 22.5. The lowest BCUT2D eigenvalue weighted by Crippen LogP contribution is -2.25. The summed E-state index contributed by atoms with van der Waals surface area (Å²) in [6, 6.07) is 16.2. The molecule has 164 valence electrons. The first-order valence-corrected chi connectivity index (χ1v) is 10.9. The molecule has 0 unspecified atom stereocenters. The number of rotatable bonds is 8. The highest BCUT2D eigenvalue weighted by Crippen LogP contribution is 2.44. The first-order chi connectivity index (χ1) is 15.5. The zero-order valence-electron chi connectivity index (χ0n) is 17.0. The Hall–Kier alpha value is -3.72. The number of carbonyl (C=O) groups is 3. The molecule has 0 saturated heterocycles. The van der Waals surface area contributed by atoms with Crippen LogP contribution in [-0.2, 0) is 16.1 Å². The number of alkyl carbamates (subject to hydrolysis) is 1. The number of nitrogens with zero attached hydrogens (tertiary/aromatic N) is 1. The van der Waals surface area contributed by atoms with Crippen molar-refractivity contribution in [2.45, 2.75) is 18.9 Å². The van der Waals surface area contributed by atoms with Crippen molar-refractivity contribution in [2.24, 2.45) is 0 Å². The normalized spacial score (nSPS) is 12.0. The van der Waals surface area contributed by atoms with E-state index in [9.17, 15) is 14.4 Å². The molecule has 0 spiro atoms. The largest absolute Gasteiger partial charge is 0.481 e. The molecule has 0 atom stereocenters. The number of aliphatic carboxylic acids is 1. The van der Waals surface area contributed by atoms with E-state index >= 15 is 0 Å². The Labute approximate surface area is 188 Å². The highest BCUT2D eigenvalue weighted by molar-refractivity contribution is 7.13. The number of ether oxygens (including phenoxy) is 1. The van der Waals surface area contributed by atoms with Crippen molar-refractivity contribution in [3.63, 3.8) is 0 Å². The van der Waals surface area contributed by atoms with E-state index in [0.717, 1.165) is 33.6 Å². The minimum absolute atomic E-state index is 0.0193. The van der Waals surface area contributed by atoms with Gasteiger partial charge in [-0.1, -0.05) is 48.5 Å². The minimum Gasteiger partial charge on any atom is -0.481 e. The van der Waals surface area contributed by atoms with Gasteiger partial charge in [-0.15, -0.1) is 11.3 Å². The number of carboxylic acids is 1. The fraction of sp³-hybridized carbons (Fsp3) is 0.217. The van der Waals surface area contributed by atoms with Crippen molar-refractivity contribution < 1.29 is 24.2 Å². The van der Waals surface area contributed by atoms with Crippen LogP contribution in [0.15, 0.2) is 54.7 Å². The van der Waals surface area contributed by atoms with E-state index in [1.807, 2.05) is 24.3 Å². The number of benzene rings is 2. The first-order valence-electron chi connectivity index (χ1n) is 10.1. The molecule has 1 aliphatic carbocycles. The van der Waals surface area contributed by atoms with E-state index in [1.165, 1.54) is 6.20 Å². The smallest absolute Gasteiger partial charge is 0.407 e. The molecule has 4 rings (SSSR count). The molecule has 0 aliphatic heterocycles. The number of aromatic nitrogens is 1. The Balaban J connectivity index is 1.29. The van der Waals surface area contributed by atoms with Crippen molar-refractivity contribution in [1.82, 2.24) is 15.6 Å². The Bertz CT molecular complexity index is 1110. The summed E-state index contributed by atoms with van der Waals surface area (Å²) in [5.41, 5.74) is 4.60. The average Bonchev–Trinajstić information content (AvgIpc) is 3.39. The third-order valence-corrected chi connectivity index (χ3v) is 6.13. The number of hydrogen-bond donors (Lipinski definition) is 3. The molecule has 3 aromatic rings. The van der Waals surface area contributed by atoms with Gasteiger partial charge in [0.25, 0.3) is 5.91 Å². The van der Waals surface area contributed by atoms with Gasteiger partial charge < -0.3 is 20.5 Å². The van der Waals surface area contributed by atoms with Crippen LogP contribution in [-0.4, -0.2) is 41.2 Å². The Morgan fingerprint density at radius 3 is 2.31 bits per heavy atom. The van der Waals surface area contributed by atoms with E-state index in [2.05, 4.69) is 39.9 Å². The van der Waals surface area contributed by atoms with Gasteiger partial charge in [-0.05, 0) is 22.3 Å². The molecule has 2 aromatic carbocycles. The van der Waals surface area contributed by atoms with Gasteiger partial charge in [0.2, 0.25) is 0 Å². The van der Waals surface area contributed by atoms with Gasteiger partial charge in [0.15, 0.2) is 0 Å². The molecule has 2 amide bonds. The molecule has 9 heteroatoms. The van der Waals surface area contributed by atoms with Gasteiger partial charge in [0.05, 0.1) is 19.2 Å². The molecule has 3 N–H and O–H groups in total. The number of hydrogen-bond acceptors (Lipinski definition) is 6. The Morgan fingerprint density at radius 1 is 1.00 bits per heavy atom. The van der Waals surface area contributed by atoms with E-state index in [1.54, 1.807) is 0 Å². The molecule has 0 saturated carbocycles. The molecule has 1 aromatic heterocycles. The van der Waals surface area contributed by atoms with Crippen molar-refractivity contribution in [3.8, 4) is 11.1 Å². The van der Waals surface area contributed by atoms with Crippen LogP contribution in [0.3, 0.4) is 0 Å². The second kappa shape index (κ2) is 9.61. The topological polar surface area (TPSA) is 118 Å². The van der Waals surface area contributed by atoms with Gasteiger partial charge in [0.1, 0.15) is 16.5 Å². The standard InChI is InChI=1S/C23H21N3O5S/c27-21(28)9-10-24-22(29)19-11-25-20(32-19)12-26-23(30)31-13-18-16-7-3-1-5-14(16)15-6-2-4-8-17(15)18/h1-8,11,18H,9-10,12-13H2,(H,24,29)(H,26,30)(H,27,28). The number of amides is 2.